The highest BCUT2D eigenvalue weighted by Gasteiger charge is 2.36. The Balaban J connectivity index is 2.17. The van der Waals surface area contributed by atoms with Crippen LogP contribution in [0.2, 0.25) is 0 Å². The van der Waals surface area contributed by atoms with Gasteiger partial charge in [0.05, 0.1) is 12.2 Å². The molecule has 5 nitrogen and oxygen atoms in total. The zero-order valence-electron chi connectivity index (χ0n) is 9.20. The van der Waals surface area contributed by atoms with E-state index in [0.29, 0.717) is 12.8 Å². The molecule has 0 atom stereocenters. The van der Waals surface area contributed by atoms with Crippen molar-refractivity contribution in [2.45, 2.75) is 37.6 Å². The number of nitrogens with two attached hydrogens (primary N) is 2. The fraction of sp³-hybridized carbons (Fsp3) is 0.600. The molecule has 1 heterocycles. The van der Waals surface area contributed by atoms with Crippen LogP contribution in [0.3, 0.4) is 0 Å². The maximum atomic E-state index is 13.0. The van der Waals surface area contributed by atoms with Crippen molar-refractivity contribution in [2.75, 3.05) is 5.73 Å². The van der Waals surface area contributed by atoms with Crippen molar-refractivity contribution in [1.29, 1.82) is 0 Å². The molecular weight excluding hydrogens is 230 g/mol. The van der Waals surface area contributed by atoms with E-state index in [1.54, 1.807) is 0 Å². The Morgan fingerprint density at radius 1 is 1.47 bits per heavy atom. The number of hydrogen-bond acceptors (Lipinski definition) is 3. The number of primary amides is 1. The predicted molar refractivity (Wildman–Crippen MR) is 57.6 cm³/mol. The minimum Gasteiger partial charge on any atom is -0.383 e. The Labute approximate surface area is 96.8 Å². The Bertz CT molecular complexity index is 434. The SMILES string of the molecule is NC(=O)c1cnn(C2CCC(F)(F)CC2)c1N. The summed E-state index contributed by atoms with van der Waals surface area (Å²) in [6.07, 6.45) is 1.53. The standard InChI is InChI=1S/C10H14F2N4O/c11-10(12)3-1-6(2-4-10)16-8(13)7(5-15-16)9(14)17/h5-6H,1-4,13H2,(H2,14,17). The lowest BCUT2D eigenvalue weighted by atomic mass is 9.92. The van der Waals surface area contributed by atoms with Crippen LogP contribution in [0.5, 0.6) is 0 Å². The summed E-state index contributed by atoms with van der Waals surface area (Å²) in [4.78, 5) is 11.0. The van der Waals surface area contributed by atoms with Crippen LogP contribution in [0.15, 0.2) is 6.20 Å². The van der Waals surface area contributed by atoms with Gasteiger partial charge in [-0.2, -0.15) is 5.10 Å². The lowest BCUT2D eigenvalue weighted by Gasteiger charge is -2.28. The molecule has 7 heteroatoms. The average Bonchev–Trinajstić information content (AvgIpc) is 2.60. The van der Waals surface area contributed by atoms with E-state index < -0.39 is 11.8 Å². The minimum absolute atomic E-state index is 0.141. The molecule has 0 saturated heterocycles. The lowest BCUT2D eigenvalue weighted by Crippen LogP contribution is -2.27. The molecule has 1 aromatic rings. The molecule has 0 spiro atoms. The Kier molecular flexibility index (Phi) is 2.76. The third-order valence-corrected chi connectivity index (χ3v) is 3.13. The van der Waals surface area contributed by atoms with Crippen molar-refractivity contribution in [3.05, 3.63) is 11.8 Å². The van der Waals surface area contributed by atoms with Crippen LogP contribution in [0.25, 0.3) is 0 Å². The fourth-order valence-electron chi connectivity index (χ4n) is 2.12. The smallest absolute Gasteiger partial charge is 0.254 e. The molecule has 2 rings (SSSR count). The summed E-state index contributed by atoms with van der Waals surface area (Å²) in [5, 5.41) is 3.95. The number of halogens is 2. The number of hydrogen-bond donors (Lipinski definition) is 2. The van der Waals surface area contributed by atoms with Crippen LogP contribution in [0.4, 0.5) is 14.6 Å². The van der Waals surface area contributed by atoms with Crippen molar-refractivity contribution >= 4 is 11.7 Å². The van der Waals surface area contributed by atoms with E-state index in [2.05, 4.69) is 5.10 Å². The quantitative estimate of drug-likeness (QED) is 0.822. The molecule has 0 aliphatic heterocycles. The van der Waals surface area contributed by atoms with Gasteiger partial charge in [0, 0.05) is 12.8 Å². The van der Waals surface area contributed by atoms with Gasteiger partial charge in [-0.25, -0.2) is 13.5 Å². The van der Waals surface area contributed by atoms with Gasteiger partial charge < -0.3 is 11.5 Å². The first kappa shape index (κ1) is 11.8. The van der Waals surface area contributed by atoms with Gasteiger partial charge in [-0.15, -0.1) is 0 Å². The third-order valence-electron chi connectivity index (χ3n) is 3.13. The van der Waals surface area contributed by atoms with Crippen LogP contribution in [0, 0.1) is 0 Å². The summed E-state index contributed by atoms with van der Waals surface area (Å²) in [6.45, 7) is 0. The van der Waals surface area contributed by atoms with Crippen molar-refractivity contribution in [1.82, 2.24) is 9.78 Å². The Morgan fingerprint density at radius 3 is 2.53 bits per heavy atom. The number of rotatable bonds is 2. The summed E-state index contributed by atoms with van der Waals surface area (Å²) in [5.41, 5.74) is 11.0. The first-order valence-electron chi connectivity index (χ1n) is 5.41. The normalized spacial score (nSPS) is 20.4. The number of amides is 1. The van der Waals surface area contributed by atoms with E-state index in [1.165, 1.54) is 10.9 Å². The molecule has 0 unspecified atom stereocenters. The van der Waals surface area contributed by atoms with Crippen molar-refractivity contribution < 1.29 is 13.6 Å². The number of carbonyl (C=O) groups is 1. The maximum Gasteiger partial charge on any atom is 0.254 e. The molecule has 0 radical (unpaired) electrons. The van der Waals surface area contributed by atoms with E-state index in [9.17, 15) is 13.6 Å². The van der Waals surface area contributed by atoms with Crippen molar-refractivity contribution in [2.24, 2.45) is 5.73 Å². The molecule has 17 heavy (non-hydrogen) atoms. The van der Waals surface area contributed by atoms with E-state index in [1.807, 2.05) is 0 Å². The number of nitrogen functional groups attached to an aromatic ring is 1. The zero-order valence-corrected chi connectivity index (χ0v) is 9.20. The second kappa shape index (κ2) is 3.97. The Morgan fingerprint density at radius 2 is 2.06 bits per heavy atom. The highest BCUT2D eigenvalue weighted by atomic mass is 19.3. The van der Waals surface area contributed by atoms with Crippen molar-refractivity contribution in [3.63, 3.8) is 0 Å². The highest BCUT2D eigenvalue weighted by Crippen LogP contribution is 2.39. The van der Waals surface area contributed by atoms with Crippen molar-refractivity contribution in [3.8, 4) is 0 Å². The summed E-state index contributed by atoms with van der Waals surface area (Å²) in [5.74, 6) is -3.09. The largest absolute Gasteiger partial charge is 0.383 e. The number of alkyl halides is 2. The summed E-state index contributed by atoms with van der Waals surface area (Å²) in [7, 11) is 0. The molecule has 0 bridgehead atoms. The van der Waals surface area contributed by atoms with Crippen LogP contribution < -0.4 is 11.5 Å². The van der Waals surface area contributed by atoms with Gasteiger partial charge >= 0.3 is 0 Å². The van der Waals surface area contributed by atoms with Gasteiger partial charge in [-0.3, -0.25) is 4.79 Å². The number of carbonyl (C=O) groups excluding carboxylic acids is 1. The number of anilines is 1. The fourth-order valence-corrected chi connectivity index (χ4v) is 2.12. The zero-order chi connectivity index (χ0) is 12.6. The van der Waals surface area contributed by atoms with Gasteiger partial charge in [0.15, 0.2) is 0 Å². The molecule has 94 valence electrons. The first-order valence-corrected chi connectivity index (χ1v) is 5.41. The highest BCUT2D eigenvalue weighted by molar-refractivity contribution is 5.96. The van der Waals surface area contributed by atoms with E-state index in [0.717, 1.165) is 0 Å². The van der Waals surface area contributed by atoms with Gasteiger partial charge in [0.2, 0.25) is 5.92 Å². The number of nitrogens with zero attached hydrogens (tertiary/aromatic N) is 2. The van der Waals surface area contributed by atoms with Gasteiger partial charge in [0.1, 0.15) is 11.4 Å². The Hall–Kier alpha value is -1.66. The van der Waals surface area contributed by atoms with E-state index in [4.69, 9.17) is 11.5 Å². The second-order valence-corrected chi connectivity index (χ2v) is 4.34. The predicted octanol–water partition coefficient (Wildman–Crippen LogP) is 1.31. The molecule has 1 aliphatic carbocycles. The molecular formula is C10H14F2N4O. The van der Waals surface area contributed by atoms with Gasteiger partial charge in [-0.05, 0) is 12.8 Å². The lowest BCUT2D eigenvalue weighted by molar-refractivity contribution is -0.0448. The molecule has 0 aromatic carbocycles. The molecule has 1 saturated carbocycles. The molecule has 1 aliphatic rings. The van der Waals surface area contributed by atoms with Crippen LogP contribution >= 0.6 is 0 Å². The van der Waals surface area contributed by atoms with Gasteiger partial charge in [0.25, 0.3) is 5.91 Å². The third kappa shape index (κ3) is 2.22. The average molecular weight is 244 g/mol. The minimum atomic E-state index is -2.59. The monoisotopic (exact) mass is 244 g/mol. The van der Waals surface area contributed by atoms with Gasteiger partial charge in [-0.1, -0.05) is 0 Å². The molecule has 1 amide bonds. The van der Waals surface area contributed by atoms with E-state index in [-0.39, 0.29) is 30.3 Å². The van der Waals surface area contributed by atoms with Crippen LogP contribution in [-0.2, 0) is 0 Å². The molecule has 1 fully saturated rings. The van der Waals surface area contributed by atoms with Crippen LogP contribution in [-0.4, -0.2) is 21.6 Å². The first-order chi connectivity index (χ1) is 7.91. The summed E-state index contributed by atoms with van der Waals surface area (Å²) < 4.78 is 27.4. The van der Waals surface area contributed by atoms with E-state index >= 15 is 0 Å². The summed E-state index contributed by atoms with van der Waals surface area (Å²) in [6, 6.07) is -0.178. The second-order valence-electron chi connectivity index (χ2n) is 4.34. The number of aromatic nitrogens is 2. The van der Waals surface area contributed by atoms with Crippen LogP contribution in [0.1, 0.15) is 42.1 Å². The topological polar surface area (TPSA) is 86.9 Å². The molecule has 1 aromatic heterocycles. The molecule has 4 N–H and O–H groups in total. The maximum absolute atomic E-state index is 13.0. The summed E-state index contributed by atoms with van der Waals surface area (Å²) >= 11 is 0.